The molecule has 0 heterocycles. The molecule has 164 valence electrons. The maximum atomic E-state index is 13.7. The van der Waals surface area contributed by atoms with Crippen molar-refractivity contribution in [2.24, 2.45) is 22.2 Å². The van der Waals surface area contributed by atoms with Crippen molar-refractivity contribution >= 4 is 17.7 Å². The van der Waals surface area contributed by atoms with Crippen LogP contribution in [-0.2, 0) is 23.9 Å². The van der Waals surface area contributed by atoms with Gasteiger partial charge in [0.15, 0.2) is 0 Å². The van der Waals surface area contributed by atoms with Gasteiger partial charge in [-0.1, -0.05) is 20.3 Å². The van der Waals surface area contributed by atoms with E-state index in [4.69, 9.17) is 9.47 Å². The van der Waals surface area contributed by atoms with Crippen LogP contribution in [0.15, 0.2) is 0 Å². The highest BCUT2D eigenvalue weighted by Gasteiger charge is 2.99. The quantitative estimate of drug-likeness (QED) is 0.703. The number of fused-ring (bicyclic) bond motifs is 3. The molecule has 0 unspecified atom stereocenters. The lowest BCUT2D eigenvalue weighted by Gasteiger charge is -2.37. The SMILES string of the molecule is CC(C)(C)OC(=O)[C@]12C[C@]3(O)CCCCC(=O)[C@@H]3[C@@]1(C(=O)OC(C)(C)C)C2(C)C. The Morgan fingerprint density at radius 3 is 2.00 bits per heavy atom. The van der Waals surface area contributed by atoms with Crippen molar-refractivity contribution in [3.05, 3.63) is 0 Å². The Kier molecular flexibility index (Phi) is 4.65. The second-order valence-corrected chi connectivity index (χ2v) is 11.7. The molecule has 6 nitrogen and oxygen atoms in total. The molecule has 0 saturated heterocycles. The van der Waals surface area contributed by atoms with E-state index < -0.39 is 50.9 Å². The van der Waals surface area contributed by atoms with E-state index in [2.05, 4.69) is 0 Å². The standard InChI is InChI=1S/C23H36O6/c1-18(2,3)28-16(25)22-13-21(27)12-10-9-11-14(24)15(21)23(22,20(22,7)8)17(26)29-19(4,5)6/h15,27H,9-13H2,1-8H3/t15-,21+,22-,23+/m0/s1. The summed E-state index contributed by atoms with van der Waals surface area (Å²) in [6, 6.07) is 0. The molecule has 0 amide bonds. The molecule has 3 saturated carbocycles. The smallest absolute Gasteiger partial charge is 0.315 e. The van der Waals surface area contributed by atoms with Gasteiger partial charge in [0.2, 0.25) is 0 Å². The zero-order valence-electron chi connectivity index (χ0n) is 19.1. The molecule has 3 aliphatic rings. The minimum atomic E-state index is -1.41. The van der Waals surface area contributed by atoms with Gasteiger partial charge in [-0.15, -0.1) is 0 Å². The van der Waals surface area contributed by atoms with Crippen molar-refractivity contribution in [3.8, 4) is 0 Å². The first kappa shape index (κ1) is 22.3. The van der Waals surface area contributed by atoms with E-state index in [1.165, 1.54) is 0 Å². The van der Waals surface area contributed by atoms with Gasteiger partial charge < -0.3 is 14.6 Å². The molecule has 0 aromatic heterocycles. The highest BCUT2D eigenvalue weighted by Crippen LogP contribution is 2.90. The van der Waals surface area contributed by atoms with E-state index in [9.17, 15) is 19.5 Å². The summed E-state index contributed by atoms with van der Waals surface area (Å²) in [6.45, 7) is 14.3. The van der Waals surface area contributed by atoms with Crippen LogP contribution in [0.1, 0.15) is 87.5 Å². The number of rotatable bonds is 2. The molecule has 0 aromatic rings. The summed E-state index contributed by atoms with van der Waals surface area (Å²) in [5.41, 5.74) is -6.47. The summed E-state index contributed by atoms with van der Waals surface area (Å²) in [4.78, 5) is 40.4. The van der Waals surface area contributed by atoms with Crippen molar-refractivity contribution in [3.63, 3.8) is 0 Å². The van der Waals surface area contributed by atoms with Crippen LogP contribution in [-0.4, -0.2) is 39.6 Å². The molecule has 29 heavy (non-hydrogen) atoms. The zero-order valence-corrected chi connectivity index (χ0v) is 19.1. The number of Topliss-reactive ketones (excluding diaryl/α,β-unsaturated/α-hetero) is 1. The van der Waals surface area contributed by atoms with Gasteiger partial charge in [-0.3, -0.25) is 14.4 Å². The second-order valence-electron chi connectivity index (χ2n) is 11.7. The summed E-state index contributed by atoms with van der Waals surface area (Å²) >= 11 is 0. The van der Waals surface area contributed by atoms with Crippen LogP contribution in [0, 0.1) is 22.2 Å². The molecular formula is C23H36O6. The van der Waals surface area contributed by atoms with Gasteiger partial charge in [-0.25, -0.2) is 0 Å². The first-order valence-corrected chi connectivity index (χ1v) is 10.7. The molecule has 3 fully saturated rings. The van der Waals surface area contributed by atoms with Crippen molar-refractivity contribution in [1.29, 1.82) is 0 Å². The van der Waals surface area contributed by atoms with Crippen LogP contribution in [0.3, 0.4) is 0 Å². The summed E-state index contributed by atoms with van der Waals surface area (Å²) in [6.07, 6.45) is 2.13. The summed E-state index contributed by atoms with van der Waals surface area (Å²) in [5.74, 6) is -2.19. The summed E-state index contributed by atoms with van der Waals surface area (Å²) in [7, 11) is 0. The molecule has 0 bridgehead atoms. The minimum Gasteiger partial charge on any atom is -0.459 e. The Balaban J connectivity index is 2.20. The van der Waals surface area contributed by atoms with Gasteiger partial charge in [0.05, 0.1) is 16.9 Å². The number of hydrogen-bond donors (Lipinski definition) is 1. The molecule has 0 aromatic carbocycles. The van der Waals surface area contributed by atoms with E-state index in [0.717, 1.165) is 0 Å². The average molecular weight is 409 g/mol. The Morgan fingerprint density at radius 2 is 1.48 bits per heavy atom. The van der Waals surface area contributed by atoms with Crippen LogP contribution >= 0.6 is 0 Å². The number of carbonyl (C=O) groups excluding carboxylic acids is 3. The third-order valence-electron chi connectivity index (χ3n) is 7.28. The van der Waals surface area contributed by atoms with E-state index in [1.807, 2.05) is 13.8 Å². The van der Waals surface area contributed by atoms with Gasteiger partial charge in [-0.2, -0.15) is 0 Å². The highest BCUT2D eigenvalue weighted by molar-refractivity contribution is 6.04. The maximum Gasteiger partial charge on any atom is 0.315 e. The first-order chi connectivity index (χ1) is 13.0. The van der Waals surface area contributed by atoms with Crippen LogP contribution in [0.4, 0.5) is 0 Å². The third kappa shape index (κ3) is 2.81. The van der Waals surface area contributed by atoms with E-state index in [0.29, 0.717) is 25.7 Å². The Labute approximate surface area is 173 Å². The monoisotopic (exact) mass is 408 g/mol. The normalized spacial score (nSPS) is 38.5. The lowest BCUT2D eigenvalue weighted by atomic mass is 9.70. The number of carbonyl (C=O) groups is 3. The fourth-order valence-corrected chi connectivity index (χ4v) is 6.34. The molecule has 0 aliphatic heterocycles. The molecule has 1 N–H and O–H groups in total. The zero-order chi connectivity index (χ0) is 22.3. The highest BCUT2D eigenvalue weighted by atomic mass is 16.6. The Morgan fingerprint density at radius 1 is 0.966 bits per heavy atom. The van der Waals surface area contributed by atoms with Crippen LogP contribution in [0.25, 0.3) is 0 Å². The summed E-state index contributed by atoms with van der Waals surface area (Å²) < 4.78 is 11.5. The lowest BCUT2D eigenvalue weighted by Crippen LogP contribution is -2.48. The fourth-order valence-electron chi connectivity index (χ4n) is 6.34. The second kappa shape index (κ2) is 6.05. The molecule has 6 heteroatoms. The van der Waals surface area contributed by atoms with Crippen LogP contribution in [0.5, 0.6) is 0 Å². The van der Waals surface area contributed by atoms with Gasteiger partial charge in [0.1, 0.15) is 22.4 Å². The van der Waals surface area contributed by atoms with Crippen molar-refractivity contribution < 1.29 is 29.0 Å². The predicted molar refractivity (Wildman–Crippen MR) is 107 cm³/mol. The fraction of sp³-hybridized carbons (Fsp3) is 0.870. The van der Waals surface area contributed by atoms with Crippen LogP contribution < -0.4 is 0 Å². The Bertz CT molecular complexity index is 754. The predicted octanol–water partition coefficient (Wildman–Crippen LogP) is 3.58. The largest absolute Gasteiger partial charge is 0.459 e. The Hall–Kier alpha value is -1.43. The summed E-state index contributed by atoms with van der Waals surface area (Å²) in [5, 5.41) is 11.6. The number of hydrogen-bond acceptors (Lipinski definition) is 6. The number of aliphatic hydroxyl groups is 1. The van der Waals surface area contributed by atoms with Gasteiger partial charge in [0.25, 0.3) is 0 Å². The molecule has 3 aliphatic carbocycles. The van der Waals surface area contributed by atoms with Crippen molar-refractivity contribution in [2.75, 3.05) is 0 Å². The molecule has 0 radical (unpaired) electrons. The molecule has 0 spiro atoms. The van der Waals surface area contributed by atoms with E-state index >= 15 is 0 Å². The van der Waals surface area contributed by atoms with E-state index in [-0.39, 0.29) is 12.2 Å². The first-order valence-electron chi connectivity index (χ1n) is 10.7. The molecule has 3 rings (SSSR count). The third-order valence-corrected chi connectivity index (χ3v) is 7.28. The van der Waals surface area contributed by atoms with Gasteiger partial charge >= 0.3 is 11.9 Å². The maximum absolute atomic E-state index is 13.7. The van der Waals surface area contributed by atoms with Crippen LogP contribution in [0.2, 0.25) is 0 Å². The molecular weight excluding hydrogens is 372 g/mol. The van der Waals surface area contributed by atoms with E-state index in [1.54, 1.807) is 41.5 Å². The lowest BCUT2D eigenvalue weighted by molar-refractivity contribution is -0.175. The minimum absolute atomic E-state index is 0.0531. The van der Waals surface area contributed by atoms with Crippen molar-refractivity contribution in [2.45, 2.75) is 104 Å². The van der Waals surface area contributed by atoms with Crippen molar-refractivity contribution in [1.82, 2.24) is 0 Å². The number of esters is 2. The number of ketones is 1. The van der Waals surface area contributed by atoms with Gasteiger partial charge in [-0.05, 0) is 60.8 Å². The topological polar surface area (TPSA) is 89.9 Å². The van der Waals surface area contributed by atoms with Gasteiger partial charge in [0, 0.05) is 11.8 Å². The average Bonchev–Trinajstić information content (AvgIpc) is 2.84. The number of ether oxygens (including phenoxy) is 2. The molecule has 4 atom stereocenters.